The number of hydrogen-bond acceptors (Lipinski definition) is 4. The van der Waals surface area contributed by atoms with Crippen LogP contribution in [-0.2, 0) is 4.79 Å². The molecule has 2 N–H and O–H groups in total. The van der Waals surface area contributed by atoms with Crippen LogP contribution in [0.5, 0.6) is 0 Å². The molecule has 0 aliphatic carbocycles. The summed E-state index contributed by atoms with van der Waals surface area (Å²) in [6.45, 7) is 2.57. The fourth-order valence-corrected chi connectivity index (χ4v) is 4.98. The van der Waals surface area contributed by atoms with Crippen molar-refractivity contribution in [1.29, 1.82) is 0 Å². The first-order chi connectivity index (χ1) is 15.9. The van der Waals surface area contributed by atoms with Gasteiger partial charge in [-0.2, -0.15) is 0 Å². The van der Waals surface area contributed by atoms with E-state index in [1.54, 1.807) is 12.1 Å². The second-order valence-corrected chi connectivity index (χ2v) is 9.01. The minimum atomic E-state index is -1.41. The Morgan fingerprint density at radius 2 is 1.79 bits per heavy atom. The molecule has 9 heteroatoms. The standard InChI is InChI=1S/C24H24ClFN4O3/c25-16-1-6-21-19(13-16)20(14-30(21)18-4-2-17(26)3-5-18)15-7-9-28(10-8-15)11-12-29-23(32)22(31)27-24(29)33/h1-6,13-15,23,32H,7-12H2,(H,27,31,33). The van der Waals surface area contributed by atoms with Crippen LogP contribution in [0, 0.1) is 5.82 Å². The van der Waals surface area contributed by atoms with Gasteiger partial charge in [-0.05, 0) is 79.9 Å². The maximum atomic E-state index is 13.4. The Labute approximate surface area is 195 Å². The molecule has 5 rings (SSSR count). The van der Waals surface area contributed by atoms with Gasteiger partial charge in [0, 0.05) is 35.4 Å². The lowest BCUT2D eigenvalue weighted by Gasteiger charge is -2.33. The Morgan fingerprint density at radius 1 is 1.06 bits per heavy atom. The first-order valence-corrected chi connectivity index (χ1v) is 11.4. The molecule has 0 radical (unpaired) electrons. The van der Waals surface area contributed by atoms with Crippen molar-refractivity contribution in [3.63, 3.8) is 0 Å². The number of nitrogens with zero attached hydrogens (tertiary/aromatic N) is 3. The molecule has 2 aliphatic heterocycles. The van der Waals surface area contributed by atoms with Crippen molar-refractivity contribution in [1.82, 2.24) is 19.7 Å². The zero-order valence-electron chi connectivity index (χ0n) is 17.9. The number of carbonyl (C=O) groups excluding carboxylic acids is 2. The van der Waals surface area contributed by atoms with Crippen LogP contribution >= 0.6 is 11.6 Å². The summed E-state index contributed by atoms with van der Waals surface area (Å²) in [7, 11) is 0. The van der Waals surface area contributed by atoms with E-state index in [2.05, 4.69) is 21.0 Å². The molecule has 2 fully saturated rings. The molecule has 2 aliphatic rings. The number of amides is 3. The van der Waals surface area contributed by atoms with E-state index in [-0.39, 0.29) is 5.82 Å². The van der Waals surface area contributed by atoms with E-state index in [4.69, 9.17) is 11.6 Å². The number of imide groups is 1. The van der Waals surface area contributed by atoms with Crippen molar-refractivity contribution in [3.05, 3.63) is 65.1 Å². The molecule has 3 aromatic rings. The van der Waals surface area contributed by atoms with Gasteiger partial charge in [0.25, 0.3) is 5.91 Å². The van der Waals surface area contributed by atoms with Gasteiger partial charge in [-0.1, -0.05) is 11.6 Å². The van der Waals surface area contributed by atoms with Crippen LogP contribution in [0.15, 0.2) is 48.7 Å². The van der Waals surface area contributed by atoms with Crippen molar-refractivity contribution >= 4 is 34.4 Å². The van der Waals surface area contributed by atoms with E-state index in [1.807, 2.05) is 18.2 Å². The number of rotatable bonds is 5. The molecular weight excluding hydrogens is 447 g/mol. The lowest BCUT2D eigenvalue weighted by Crippen LogP contribution is -2.43. The largest absolute Gasteiger partial charge is 0.365 e. The summed E-state index contributed by atoms with van der Waals surface area (Å²) in [5, 5.41) is 13.7. The fraction of sp³-hybridized carbons (Fsp3) is 0.333. The van der Waals surface area contributed by atoms with Crippen molar-refractivity contribution in [2.75, 3.05) is 26.2 Å². The van der Waals surface area contributed by atoms with Crippen LogP contribution in [0.2, 0.25) is 5.02 Å². The van der Waals surface area contributed by atoms with Crippen LogP contribution in [0.25, 0.3) is 16.6 Å². The van der Waals surface area contributed by atoms with E-state index in [0.717, 1.165) is 47.4 Å². The number of aliphatic hydroxyl groups excluding tert-OH is 1. The monoisotopic (exact) mass is 470 g/mol. The SMILES string of the molecule is O=C1NC(=O)N(CCN2CCC(c3cn(-c4ccc(F)cc4)c4ccc(Cl)cc34)CC2)C1O. The molecule has 1 atom stereocenters. The number of halogens is 2. The number of likely N-dealkylation sites (tertiary alicyclic amines) is 1. The molecule has 1 aromatic heterocycles. The van der Waals surface area contributed by atoms with E-state index < -0.39 is 18.2 Å². The van der Waals surface area contributed by atoms with Crippen LogP contribution in [0.4, 0.5) is 9.18 Å². The van der Waals surface area contributed by atoms with Gasteiger partial charge in [-0.3, -0.25) is 15.0 Å². The number of benzene rings is 2. The molecule has 0 bridgehead atoms. The van der Waals surface area contributed by atoms with Crippen molar-refractivity contribution in [2.24, 2.45) is 0 Å². The summed E-state index contributed by atoms with van der Waals surface area (Å²) in [5.74, 6) is -0.602. The number of aliphatic hydroxyl groups is 1. The van der Waals surface area contributed by atoms with Gasteiger partial charge in [-0.25, -0.2) is 9.18 Å². The molecule has 0 saturated carbocycles. The van der Waals surface area contributed by atoms with Gasteiger partial charge in [0.05, 0.1) is 5.52 Å². The summed E-state index contributed by atoms with van der Waals surface area (Å²) >= 11 is 6.32. The second kappa shape index (κ2) is 8.78. The quantitative estimate of drug-likeness (QED) is 0.560. The smallest absolute Gasteiger partial charge is 0.326 e. The maximum Gasteiger partial charge on any atom is 0.326 e. The average molecular weight is 471 g/mol. The summed E-state index contributed by atoms with van der Waals surface area (Å²) in [6.07, 6.45) is 2.59. The molecule has 3 amide bonds. The van der Waals surface area contributed by atoms with Gasteiger partial charge in [0.15, 0.2) is 0 Å². The molecule has 1 unspecified atom stereocenters. The summed E-state index contributed by atoms with van der Waals surface area (Å²) in [5.41, 5.74) is 3.14. The zero-order chi connectivity index (χ0) is 23.1. The Bertz CT molecular complexity index is 1200. The van der Waals surface area contributed by atoms with E-state index in [1.165, 1.54) is 17.7 Å². The van der Waals surface area contributed by atoms with Crippen LogP contribution in [0.3, 0.4) is 0 Å². The number of piperidine rings is 1. The third-order valence-corrected chi connectivity index (χ3v) is 6.84. The molecule has 33 heavy (non-hydrogen) atoms. The Hall–Kier alpha value is -2.94. The number of fused-ring (bicyclic) bond motifs is 1. The summed E-state index contributed by atoms with van der Waals surface area (Å²) < 4.78 is 15.5. The van der Waals surface area contributed by atoms with E-state index in [9.17, 15) is 19.1 Å². The van der Waals surface area contributed by atoms with Crippen LogP contribution < -0.4 is 5.32 Å². The minimum absolute atomic E-state index is 0.269. The highest BCUT2D eigenvalue weighted by Gasteiger charge is 2.36. The predicted octanol–water partition coefficient (Wildman–Crippen LogP) is 3.47. The molecular formula is C24H24ClFN4O3. The maximum absolute atomic E-state index is 13.4. The second-order valence-electron chi connectivity index (χ2n) is 8.57. The number of carbonyl (C=O) groups is 2. The molecule has 2 saturated heterocycles. The van der Waals surface area contributed by atoms with Crippen molar-refractivity contribution in [2.45, 2.75) is 25.0 Å². The van der Waals surface area contributed by atoms with Crippen molar-refractivity contribution < 1.29 is 19.1 Å². The third-order valence-electron chi connectivity index (χ3n) is 6.61. The van der Waals surface area contributed by atoms with Gasteiger partial charge in [0.1, 0.15) is 5.82 Å². The first-order valence-electron chi connectivity index (χ1n) is 11.0. The highest BCUT2D eigenvalue weighted by Crippen LogP contribution is 2.37. The molecule has 3 heterocycles. The highest BCUT2D eigenvalue weighted by molar-refractivity contribution is 6.31. The predicted molar refractivity (Wildman–Crippen MR) is 123 cm³/mol. The summed E-state index contributed by atoms with van der Waals surface area (Å²) in [4.78, 5) is 26.6. The highest BCUT2D eigenvalue weighted by atomic mass is 35.5. The number of aromatic nitrogens is 1. The Kier molecular flexibility index (Phi) is 5.82. The van der Waals surface area contributed by atoms with E-state index >= 15 is 0 Å². The van der Waals surface area contributed by atoms with Gasteiger partial charge in [0.2, 0.25) is 6.23 Å². The van der Waals surface area contributed by atoms with Crippen molar-refractivity contribution in [3.8, 4) is 5.69 Å². The number of nitrogens with one attached hydrogen (secondary N) is 1. The number of hydrogen-bond donors (Lipinski definition) is 2. The van der Waals surface area contributed by atoms with Crippen LogP contribution in [-0.4, -0.2) is 63.8 Å². The zero-order valence-corrected chi connectivity index (χ0v) is 18.6. The van der Waals surface area contributed by atoms with Gasteiger partial charge >= 0.3 is 6.03 Å². The Balaban J connectivity index is 1.31. The fourth-order valence-electron chi connectivity index (χ4n) is 4.80. The Morgan fingerprint density at radius 3 is 2.45 bits per heavy atom. The molecule has 7 nitrogen and oxygen atoms in total. The molecule has 172 valence electrons. The normalized spacial score (nSPS) is 20.1. The first kappa shape index (κ1) is 21.9. The van der Waals surface area contributed by atoms with E-state index in [0.29, 0.717) is 24.0 Å². The summed E-state index contributed by atoms with van der Waals surface area (Å²) in [6, 6.07) is 11.8. The third kappa shape index (κ3) is 4.21. The minimum Gasteiger partial charge on any atom is -0.365 e. The van der Waals surface area contributed by atoms with Gasteiger partial charge in [-0.15, -0.1) is 0 Å². The molecule has 2 aromatic carbocycles. The average Bonchev–Trinajstić information content (AvgIpc) is 3.29. The number of urea groups is 1. The topological polar surface area (TPSA) is 77.8 Å². The lowest BCUT2D eigenvalue weighted by atomic mass is 9.89. The van der Waals surface area contributed by atoms with Gasteiger partial charge < -0.3 is 14.6 Å². The van der Waals surface area contributed by atoms with Crippen LogP contribution in [0.1, 0.15) is 24.3 Å². The lowest BCUT2D eigenvalue weighted by molar-refractivity contribution is -0.130. The molecule has 0 spiro atoms.